The van der Waals surface area contributed by atoms with E-state index < -0.39 is 0 Å². The van der Waals surface area contributed by atoms with Gasteiger partial charge in [0.15, 0.2) is 0 Å². The van der Waals surface area contributed by atoms with Gasteiger partial charge < -0.3 is 9.88 Å². The maximum Gasteiger partial charge on any atom is 0.0606 e. The Bertz CT molecular complexity index is 1100. The number of hydrogen-bond acceptors (Lipinski definition) is 1. The number of aryl methyl sites for hydroxylation is 1. The standard InChI is InChI=1S/C23H22N2/c1-23(2)18-14-21-17(16-11-7-8-12-20(16)25(21)3)13-19(18)24-22(23)15-9-5-4-6-10-15/h4-14,22,24H,1-3H3. The highest BCUT2D eigenvalue weighted by atomic mass is 15.0. The van der Waals surface area contributed by atoms with Gasteiger partial charge in [-0.25, -0.2) is 0 Å². The highest BCUT2D eigenvalue weighted by Gasteiger charge is 2.40. The Morgan fingerprint density at radius 2 is 1.56 bits per heavy atom. The first-order valence-corrected chi connectivity index (χ1v) is 8.90. The van der Waals surface area contributed by atoms with Crippen molar-refractivity contribution in [3.05, 3.63) is 77.9 Å². The average Bonchev–Trinajstić information content (AvgIpc) is 3.06. The summed E-state index contributed by atoms with van der Waals surface area (Å²) >= 11 is 0. The zero-order valence-electron chi connectivity index (χ0n) is 14.9. The lowest BCUT2D eigenvalue weighted by Crippen LogP contribution is -2.25. The summed E-state index contributed by atoms with van der Waals surface area (Å²) < 4.78 is 2.32. The number of aromatic nitrogens is 1. The van der Waals surface area contributed by atoms with Crippen molar-refractivity contribution in [2.45, 2.75) is 25.3 Å². The van der Waals surface area contributed by atoms with E-state index >= 15 is 0 Å². The number of fused-ring (bicyclic) bond motifs is 4. The number of nitrogens with zero attached hydrogens (tertiary/aromatic N) is 1. The minimum absolute atomic E-state index is 0.0430. The van der Waals surface area contributed by atoms with Crippen LogP contribution in [0.2, 0.25) is 0 Å². The van der Waals surface area contributed by atoms with Crippen molar-refractivity contribution >= 4 is 27.5 Å². The van der Waals surface area contributed by atoms with Crippen LogP contribution in [-0.4, -0.2) is 4.57 Å². The zero-order valence-corrected chi connectivity index (χ0v) is 14.9. The molecule has 0 saturated heterocycles. The summed E-state index contributed by atoms with van der Waals surface area (Å²) in [5, 5.41) is 6.45. The van der Waals surface area contributed by atoms with Crippen LogP contribution in [0, 0.1) is 0 Å². The van der Waals surface area contributed by atoms with E-state index in [0.717, 1.165) is 0 Å². The third-order valence-corrected chi connectivity index (χ3v) is 5.90. The Morgan fingerprint density at radius 1 is 0.840 bits per heavy atom. The monoisotopic (exact) mass is 326 g/mol. The summed E-state index contributed by atoms with van der Waals surface area (Å²) in [6.45, 7) is 4.69. The van der Waals surface area contributed by atoms with E-state index in [1.54, 1.807) is 0 Å². The van der Waals surface area contributed by atoms with Gasteiger partial charge in [-0.2, -0.15) is 0 Å². The van der Waals surface area contributed by atoms with Crippen molar-refractivity contribution in [1.29, 1.82) is 0 Å². The van der Waals surface area contributed by atoms with Crippen LogP contribution in [0.1, 0.15) is 31.0 Å². The van der Waals surface area contributed by atoms with Crippen molar-refractivity contribution in [2.24, 2.45) is 7.05 Å². The Morgan fingerprint density at radius 3 is 2.36 bits per heavy atom. The summed E-state index contributed by atoms with van der Waals surface area (Å²) in [7, 11) is 2.17. The molecule has 0 radical (unpaired) electrons. The number of benzene rings is 3. The molecule has 25 heavy (non-hydrogen) atoms. The van der Waals surface area contributed by atoms with Gasteiger partial charge in [0.05, 0.1) is 6.04 Å². The van der Waals surface area contributed by atoms with Gasteiger partial charge >= 0.3 is 0 Å². The van der Waals surface area contributed by atoms with Crippen LogP contribution in [0.3, 0.4) is 0 Å². The van der Waals surface area contributed by atoms with Crippen LogP contribution in [0.5, 0.6) is 0 Å². The maximum absolute atomic E-state index is 3.80. The first-order chi connectivity index (χ1) is 12.1. The fraction of sp³-hybridized carbons (Fsp3) is 0.217. The second-order valence-electron chi connectivity index (χ2n) is 7.70. The lowest BCUT2D eigenvalue weighted by atomic mass is 9.77. The number of anilines is 1. The van der Waals surface area contributed by atoms with Crippen molar-refractivity contribution in [3.63, 3.8) is 0 Å². The first kappa shape index (κ1) is 14.6. The van der Waals surface area contributed by atoms with Crippen LogP contribution in [0.15, 0.2) is 66.7 Å². The largest absolute Gasteiger partial charge is 0.377 e. The van der Waals surface area contributed by atoms with Crippen LogP contribution < -0.4 is 5.32 Å². The van der Waals surface area contributed by atoms with Crippen LogP contribution in [0.4, 0.5) is 5.69 Å². The van der Waals surface area contributed by atoms with Crippen molar-refractivity contribution in [3.8, 4) is 0 Å². The molecule has 1 aliphatic heterocycles. The van der Waals surface area contributed by atoms with Gasteiger partial charge in [-0.3, -0.25) is 0 Å². The Balaban J connectivity index is 1.76. The Kier molecular flexibility index (Phi) is 2.85. The molecule has 0 bridgehead atoms. The molecule has 3 aromatic carbocycles. The molecular weight excluding hydrogens is 304 g/mol. The number of rotatable bonds is 1. The van der Waals surface area contributed by atoms with E-state index in [0.29, 0.717) is 6.04 Å². The van der Waals surface area contributed by atoms with Crippen LogP contribution in [0.25, 0.3) is 21.8 Å². The normalized spacial score (nSPS) is 18.4. The molecule has 1 aliphatic rings. The molecule has 1 atom stereocenters. The molecule has 2 heteroatoms. The van der Waals surface area contributed by atoms with E-state index in [9.17, 15) is 0 Å². The number of nitrogens with one attached hydrogen (secondary N) is 1. The molecule has 1 unspecified atom stereocenters. The molecule has 1 aromatic heterocycles. The predicted octanol–water partition coefficient (Wildman–Crippen LogP) is 5.78. The van der Waals surface area contributed by atoms with Gasteiger partial charge in [0.1, 0.15) is 0 Å². The smallest absolute Gasteiger partial charge is 0.0606 e. The number of para-hydroxylation sites is 1. The van der Waals surface area contributed by atoms with E-state index in [1.807, 2.05) is 0 Å². The van der Waals surface area contributed by atoms with E-state index in [2.05, 4.69) is 97.5 Å². The quantitative estimate of drug-likeness (QED) is 0.469. The minimum Gasteiger partial charge on any atom is -0.377 e. The average molecular weight is 326 g/mol. The Labute approximate surface area is 148 Å². The topological polar surface area (TPSA) is 17.0 Å². The molecule has 0 aliphatic carbocycles. The van der Waals surface area contributed by atoms with Gasteiger partial charge in [-0.1, -0.05) is 62.4 Å². The minimum atomic E-state index is 0.0430. The second kappa shape index (κ2) is 4.89. The van der Waals surface area contributed by atoms with E-state index in [-0.39, 0.29) is 5.41 Å². The Hall–Kier alpha value is -2.74. The summed E-state index contributed by atoms with van der Waals surface area (Å²) in [5.74, 6) is 0. The highest BCUT2D eigenvalue weighted by Crippen LogP contribution is 2.50. The third kappa shape index (κ3) is 1.91. The van der Waals surface area contributed by atoms with Crippen molar-refractivity contribution < 1.29 is 0 Å². The van der Waals surface area contributed by atoms with E-state index in [1.165, 1.54) is 38.6 Å². The van der Waals surface area contributed by atoms with Gasteiger partial charge in [0.25, 0.3) is 0 Å². The van der Waals surface area contributed by atoms with Crippen LogP contribution in [-0.2, 0) is 12.5 Å². The van der Waals surface area contributed by atoms with Crippen LogP contribution >= 0.6 is 0 Å². The molecule has 0 saturated carbocycles. The predicted molar refractivity (Wildman–Crippen MR) is 106 cm³/mol. The molecule has 124 valence electrons. The molecule has 0 amide bonds. The molecule has 2 nitrogen and oxygen atoms in total. The molecule has 0 fully saturated rings. The van der Waals surface area contributed by atoms with Crippen molar-refractivity contribution in [1.82, 2.24) is 4.57 Å². The fourth-order valence-corrected chi connectivity index (χ4v) is 4.49. The van der Waals surface area contributed by atoms with Crippen molar-refractivity contribution in [2.75, 3.05) is 5.32 Å². The summed E-state index contributed by atoms with van der Waals surface area (Å²) in [6, 6.07) is 24.5. The van der Waals surface area contributed by atoms with E-state index in [4.69, 9.17) is 0 Å². The highest BCUT2D eigenvalue weighted by molar-refractivity contribution is 6.09. The number of hydrogen-bond donors (Lipinski definition) is 1. The maximum atomic E-state index is 3.80. The van der Waals surface area contributed by atoms with Gasteiger partial charge in [0.2, 0.25) is 0 Å². The van der Waals surface area contributed by atoms with Gasteiger partial charge in [-0.05, 0) is 29.3 Å². The summed E-state index contributed by atoms with van der Waals surface area (Å²) in [6.07, 6.45) is 0. The third-order valence-electron chi connectivity index (χ3n) is 5.90. The van der Waals surface area contributed by atoms with Gasteiger partial charge in [0, 0.05) is 40.0 Å². The fourth-order valence-electron chi connectivity index (χ4n) is 4.49. The van der Waals surface area contributed by atoms with Gasteiger partial charge in [-0.15, -0.1) is 0 Å². The zero-order chi connectivity index (χ0) is 17.2. The summed E-state index contributed by atoms with van der Waals surface area (Å²) in [5.41, 5.74) is 6.66. The molecule has 5 rings (SSSR count). The molecule has 1 N–H and O–H groups in total. The molecular formula is C23H22N2. The molecule has 2 heterocycles. The molecule has 4 aromatic rings. The SMILES string of the molecule is Cn1c2ccccc2c2cc3c(cc21)C(C)(C)C(c1ccccc1)N3. The first-order valence-electron chi connectivity index (χ1n) is 8.90. The lowest BCUT2D eigenvalue weighted by Gasteiger charge is -2.28. The lowest BCUT2D eigenvalue weighted by molar-refractivity contribution is 0.474. The molecule has 0 spiro atoms. The second-order valence-corrected chi connectivity index (χ2v) is 7.70. The summed E-state index contributed by atoms with van der Waals surface area (Å²) in [4.78, 5) is 0.